The fraction of sp³-hybridized carbons (Fsp3) is 0.391. The highest BCUT2D eigenvalue weighted by Gasteiger charge is 2.29. The van der Waals surface area contributed by atoms with Gasteiger partial charge in [-0.1, -0.05) is 0 Å². The standard InChI is InChI=1S/C23H27FN2O6S/c1-3-31-23(28)17-5-4-14-26(15-17)22(27)16-32-20-10-8-19(9-11-20)25(2)33(29,30)21-12-6-18(24)7-13-21/h6-13,17H,3-5,14-16H2,1-2H3/t17-/m1/s1. The average molecular weight is 479 g/mol. The Balaban J connectivity index is 1.57. The zero-order valence-electron chi connectivity index (χ0n) is 18.6. The summed E-state index contributed by atoms with van der Waals surface area (Å²) in [5, 5.41) is 0. The van der Waals surface area contributed by atoms with Gasteiger partial charge in [0.1, 0.15) is 11.6 Å². The first-order valence-corrected chi connectivity index (χ1v) is 12.1. The van der Waals surface area contributed by atoms with E-state index in [4.69, 9.17) is 9.47 Å². The van der Waals surface area contributed by atoms with E-state index in [1.165, 1.54) is 19.2 Å². The number of rotatable bonds is 8. The molecule has 1 aliphatic heterocycles. The molecule has 2 aromatic rings. The van der Waals surface area contributed by atoms with Crippen LogP contribution in [0.2, 0.25) is 0 Å². The molecular formula is C23H27FN2O6S. The van der Waals surface area contributed by atoms with Gasteiger partial charge in [0.05, 0.1) is 23.1 Å². The lowest BCUT2D eigenvalue weighted by Gasteiger charge is -2.31. The summed E-state index contributed by atoms with van der Waals surface area (Å²) in [6.07, 6.45) is 1.41. The lowest BCUT2D eigenvalue weighted by Crippen LogP contribution is -2.44. The Hall–Kier alpha value is -3.14. The summed E-state index contributed by atoms with van der Waals surface area (Å²) in [6.45, 7) is 2.73. The van der Waals surface area contributed by atoms with Gasteiger partial charge in [0, 0.05) is 20.1 Å². The van der Waals surface area contributed by atoms with Gasteiger partial charge in [-0.2, -0.15) is 0 Å². The molecule has 1 aliphatic rings. The molecule has 2 aromatic carbocycles. The Labute approximate surface area is 192 Å². The Kier molecular flexibility index (Phi) is 7.91. The van der Waals surface area contributed by atoms with Crippen molar-refractivity contribution in [2.75, 3.05) is 37.7 Å². The molecular weight excluding hydrogens is 451 g/mol. The van der Waals surface area contributed by atoms with E-state index in [0.29, 0.717) is 37.6 Å². The lowest BCUT2D eigenvalue weighted by atomic mass is 9.98. The van der Waals surface area contributed by atoms with Gasteiger partial charge >= 0.3 is 5.97 Å². The molecule has 0 bridgehead atoms. The van der Waals surface area contributed by atoms with Crippen LogP contribution in [0.15, 0.2) is 53.4 Å². The molecule has 3 rings (SSSR count). The Morgan fingerprint density at radius 1 is 1.12 bits per heavy atom. The fourth-order valence-electron chi connectivity index (χ4n) is 3.55. The van der Waals surface area contributed by atoms with Crippen LogP contribution in [0.1, 0.15) is 19.8 Å². The second kappa shape index (κ2) is 10.7. The van der Waals surface area contributed by atoms with Crippen molar-refractivity contribution in [3.8, 4) is 5.75 Å². The second-order valence-electron chi connectivity index (χ2n) is 7.64. The largest absolute Gasteiger partial charge is 0.484 e. The molecule has 0 saturated carbocycles. The van der Waals surface area contributed by atoms with E-state index in [0.717, 1.165) is 22.9 Å². The van der Waals surface area contributed by atoms with Crippen LogP contribution in [0, 0.1) is 11.7 Å². The zero-order valence-corrected chi connectivity index (χ0v) is 19.4. The third-order valence-corrected chi connectivity index (χ3v) is 7.23. The Morgan fingerprint density at radius 3 is 2.42 bits per heavy atom. The monoisotopic (exact) mass is 478 g/mol. The highest BCUT2D eigenvalue weighted by atomic mass is 32.2. The maximum atomic E-state index is 13.1. The number of sulfonamides is 1. The molecule has 1 saturated heterocycles. The normalized spacial score (nSPS) is 16.2. The topological polar surface area (TPSA) is 93.2 Å². The molecule has 0 unspecified atom stereocenters. The molecule has 0 aromatic heterocycles. The van der Waals surface area contributed by atoms with Crippen molar-refractivity contribution >= 4 is 27.6 Å². The summed E-state index contributed by atoms with van der Waals surface area (Å²) >= 11 is 0. The zero-order chi connectivity index (χ0) is 24.0. The maximum Gasteiger partial charge on any atom is 0.310 e. The summed E-state index contributed by atoms with van der Waals surface area (Å²) in [6, 6.07) is 10.8. The number of anilines is 1. The number of carbonyl (C=O) groups excluding carboxylic acids is 2. The second-order valence-corrected chi connectivity index (χ2v) is 9.61. The summed E-state index contributed by atoms with van der Waals surface area (Å²) in [7, 11) is -2.45. The molecule has 8 nitrogen and oxygen atoms in total. The smallest absolute Gasteiger partial charge is 0.310 e. The van der Waals surface area contributed by atoms with Crippen LogP contribution < -0.4 is 9.04 Å². The number of benzene rings is 2. The third kappa shape index (κ3) is 6.01. The van der Waals surface area contributed by atoms with Crippen molar-refractivity contribution in [2.45, 2.75) is 24.7 Å². The number of nitrogens with zero attached hydrogens (tertiary/aromatic N) is 2. The van der Waals surface area contributed by atoms with Crippen molar-refractivity contribution < 1.29 is 31.9 Å². The van der Waals surface area contributed by atoms with Crippen LogP contribution in [0.25, 0.3) is 0 Å². The molecule has 33 heavy (non-hydrogen) atoms. The molecule has 1 heterocycles. The number of ether oxygens (including phenoxy) is 2. The fourth-order valence-corrected chi connectivity index (χ4v) is 4.74. The Morgan fingerprint density at radius 2 is 1.79 bits per heavy atom. The van der Waals surface area contributed by atoms with Crippen LogP contribution >= 0.6 is 0 Å². The molecule has 10 heteroatoms. The predicted molar refractivity (Wildman–Crippen MR) is 120 cm³/mol. The van der Waals surface area contributed by atoms with Gasteiger partial charge in [-0.05, 0) is 68.3 Å². The van der Waals surface area contributed by atoms with E-state index < -0.39 is 15.8 Å². The van der Waals surface area contributed by atoms with Crippen molar-refractivity contribution in [1.82, 2.24) is 4.90 Å². The molecule has 0 radical (unpaired) electrons. The molecule has 1 fully saturated rings. The van der Waals surface area contributed by atoms with Crippen LogP contribution in [-0.4, -0.2) is 58.5 Å². The van der Waals surface area contributed by atoms with Gasteiger partial charge in [-0.3, -0.25) is 13.9 Å². The highest BCUT2D eigenvalue weighted by Crippen LogP contribution is 2.25. The van der Waals surface area contributed by atoms with Crippen LogP contribution in [0.3, 0.4) is 0 Å². The molecule has 178 valence electrons. The van der Waals surface area contributed by atoms with Crippen LogP contribution in [0.4, 0.5) is 10.1 Å². The summed E-state index contributed by atoms with van der Waals surface area (Å²) < 4.78 is 50.3. The molecule has 1 atom stereocenters. The van der Waals surface area contributed by atoms with Gasteiger partial charge in [0.2, 0.25) is 0 Å². The SMILES string of the molecule is CCOC(=O)[C@@H]1CCCN(C(=O)COc2ccc(N(C)S(=O)(=O)c3ccc(F)cc3)cc2)C1. The van der Waals surface area contributed by atoms with E-state index in [1.807, 2.05) is 0 Å². The number of esters is 1. The van der Waals surface area contributed by atoms with E-state index in [1.54, 1.807) is 36.1 Å². The van der Waals surface area contributed by atoms with E-state index >= 15 is 0 Å². The summed E-state index contributed by atoms with van der Waals surface area (Å²) in [5.41, 5.74) is 0.381. The van der Waals surface area contributed by atoms with Crippen molar-refractivity contribution in [3.05, 3.63) is 54.3 Å². The van der Waals surface area contributed by atoms with Gasteiger partial charge in [-0.25, -0.2) is 12.8 Å². The van der Waals surface area contributed by atoms with Gasteiger partial charge < -0.3 is 14.4 Å². The third-order valence-electron chi connectivity index (χ3n) is 5.43. The first-order chi connectivity index (χ1) is 15.7. The minimum atomic E-state index is -3.85. The molecule has 0 aliphatic carbocycles. The van der Waals surface area contributed by atoms with Crippen molar-refractivity contribution in [1.29, 1.82) is 0 Å². The average Bonchev–Trinajstić information content (AvgIpc) is 2.83. The number of piperidine rings is 1. The maximum absolute atomic E-state index is 13.1. The number of likely N-dealkylation sites (tertiary alicyclic amines) is 1. The number of halogens is 1. The number of hydrogen-bond acceptors (Lipinski definition) is 6. The summed E-state index contributed by atoms with van der Waals surface area (Å²) in [4.78, 5) is 26.0. The van der Waals surface area contributed by atoms with E-state index in [2.05, 4.69) is 0 Å². The number of amides is 1. The van der Waals surface area contributed by atoms with Crippen molar-refractivity contribution in [3.63, 3.8) is 0 Å². The van der Waals surface area contributed by atoms with Crippen LogP contribution in [0.5, 0.6) is 5.75 Å². The quantitative estimate of drug-likeness (QED) is 0.542. The highest BCUT2D eigenvalue weighted by molar-refractivity contribution is 7.92. The first-order valence-electron chi connectivity index (χ1n) is 10.6. The van der Waals surface area contributed by atoms with E-state index in [-0.39, 0.29) is 29.3 Å². The van der Waals surface area contributed by atoms with Crippen molar-refractivity contribution in [2.24, 2.45) is 5.92 Å². The minimum Gasteiger partial charge on any atom is -0.484 e. The van der Waals surface area contributed by atoms with E-state index in [9.17, 15) is 22.4 Å². The van der Waals surface area contributed by atoms with Crippen LogP contribution in [-0.2, 0) is 24.3 Å². The molecule has 0 spiro atoms. The van der Waals surface area contributed by atoms with Gasteiger partial charge in [0.15, 0.2) is 6.61 Å². The minimum absolute atomic E-state index is 0.0278. The lowest BCUT2D eigenvalue weighted by molar-refractivity contribution is -0.151. The number of carbonyl (C=O) groups is 2. The first kappa shape index (κ1) is 24.5. The number of hydrogen-bond donors (Lipinski definition) is 0. The molecule has 0 N–H and O–H groups in total. The molecule has 1 amide bonds. The predicted octanol–water partition coefficient (Wildman–Crippen LogP) is 2.83. The summed E-state index contributed by atoms with van der Waals surface area (Å²) in [5.74, 6) is -0.955. The van der Waals surface area contributed by atoms with Gasteiger partial charge in [0.25, 0.3) is 15.9 Å². The van der Waals surface area contributed by atoms with Gasteiger partial charge in [-0.15, -0.1) is 0 Å². The Bertz CT molecular complexity index is 1070.